The lowest BCUT2D eigenvalue weighted by Crippen LogP contribution is -2.41. The van der Waals surface area contributed by atoms with Gasteiger partial charge in [0.25, 0.3) is 0 Å². The molecule has 0 unspecified atom stereocenters. The maximum Gasteiger partial charge on any atom is 0.228 e. The summed E-state index contributed by atoms with van der Waals surface area (Å²) in [6, 6.07) is 4.11. The van der Waals surface area contributed by atoms with Gasteiger partial charge in [0.2, 0.25) is 5.91 Å². The van der Waals surface area contributed by atoms with E-state index in [0.717, 1.165) is 49.7 Å². The molecule has 4 nitrogen and oxygen atoms in total. The van der Waals surface area contributed by atoms with Crippen molar-refractivity contribution in [1.82, 2.24) is 15.2 Å². The van der Waals surface area contributed by atoms with E-state index in [0.29, 0.717) is 12.3 Å². The molecule has 3 rings (SSSR count). The number of thiophene rings is 1. The van der Waals surface area contributed by atoms with Crippen LogP contribution in [0.3, 0.4) is 0 Å². The highest BCUT2D eigenvalue weighted by Gasteiger charge is 2.23. The van der Waals surface area contributed by atoms with Crippen molar-refractivity contribution in [2.24, 2.45) is 5.92 Å². The minimum Gasteiger partial charge on any atom is -0.342 e. The Morgan fingerprint density at radius 3 is 2.72 bits per heavy atom. The monoisotopic (exact) mass is 421 g/mol. The molecule has 0 bridgehead atoms. The van der Waals surface area contributed by atoms with Crippen LogP contribution < -0.4 is 5.32 Å². The van der Waals surface area contributed by atoms with Gasteiger partial charge in [-0.3, -0.25) is 4.79 Å². The van der Waals surface area contributed by atoms with E-state index < -0.39 is 0 Å². The van der Waals surface area contributed by atoms with Crippen LogP contribution in [-0.2, 0) is 11.2 Å². The van der Waals surface area contributed by atoms with Crippen molar-refractivity contribution in [3.05, 3.63) is 28.6 Å². The molecule has 25 heavy (non-hydrogen) atoms. The van der Waals surface area contributed by atoms with Gasteiger partial charge in [-0.05, 0) is 43.3 Å². The van der Waals surface area contributed by atoms with Gasteiger partial charge in [-0.25, -0.2) is 4.98 Å². The number of carbonyl (C=O) groups excluding carboxylic acids is 1. The Balaban J connectivity index is 0.00000156. The Morgan fingerprint density at radius 2 is 2.08 bits per heavy atom. The Labute approximate surface area is 169 Å². The molecule has 8 heteroatoms. The molecule has 140 valence electrons. The van der Waals surface area contributed by atoms with Gasteiger partial charge in [-0.2, -0.15) is 0 Å². The topological polar surface area (TPSA) is 45.2 Å². The quantitative estimate of drug-likeness (QED) is 0.762. The molecular weight excluding hydrogens is 397 g/mol. The molecule has 0 radical (unpaired) electrons. The van der Waals surface area contributed by atoms with Gasteiger partial charge >= 0.3 is 0 Å². The summed E-state index contributed by atoms with van der Waals surface area (Å²) in [4.78, 5) is 20.3. The third-order valence-corrected chi connectivity index (χ3v) is 6.20. The van der Waals surface area contributed by atoms with E-state index in [-0.39, 0.29) is 30.7 Å². The zero-order valence-electron chi connectivity index (χ0n) is 14.3. The van der Waals surface area contributed by atoms with Gasteiger partial charge in [0.15, 0.2) is 0 Å². The van der Waals surface area contributed by atoms with Crippen LogP contribution in [0.2, 0.25) is 0 Å². The number of hydrogen-bond acceptors (Lipinski definition) is 5. The molecule has 1 amide bonds. The van der Waals surface area contributed by atoms with Crippen molar-refractivity contribution in [2.75, 3.05) is 26.2 Å². The summed E-state index contributed by atoms with van der Waals surface area (Å²) in [5.74, 6) is 0.929. The molecule has 0 saturated carbocycles. The fraction of sp³-hybridized carbons (Fsp3) is 0.529. The van der Waals surface area contributed by atoms with Gasteiger partial charge < -0.3 is 10.2 Å². The van der Waals surface area contributed by atoms with Crippen LogP contribution in [0, 0.1) is 5.92 Å². The van der Waals surface area contributed by atoms with Gasteiger partial charge in [0.05, 0.1) is 17.0 Å². The molecule has 1 N–H and O–H groups in total. The first-order valence-corrected chi connectivity index (χ1v) is 9.99. The van der Waals surface area contributed by atoms with Crippen molar-refractivity contribution in [3.63, 3.8) is 0 Å². The number of piperidine rings is 1. The van der Waals surface area contributed by atoms with Crippen LogP contribution in [-0.4, -0.2) is 42.0 Å². The number of likely N-dealkylation sites (tertiary alicyclic amines) is 1. The summed E-state index contributed by atoms with van der Waals surface area (Å²) in [6.07, 6.45) is 2.65. The fourth-order valence-electron chi connectivity index (χ4n) is 2.90. The molecule has 1 aliphatic heterocycles. The second-order valence-corrected chi connectivity index (χ2v) is 7.74. The Morgan fingerprint density at radius 1 is 1.32 bits per heavy atom. The molecule has 0 aromatic carbocycles. The molecular formula is C17H25Cl2N3OS2. The van der Waals surface area contributed by atoms with E-state index in [2.05, 4.69) is 28.7 Å². The van der Waals surface area contributed by atoms with Crippen LogP contribution in [0.25, 0.3) is 9.88 Å². The number of rotatable bonds is 6. The fourth-order valence-corrected chi connectivity index (χ4v) is 4.54. The Hall–Kier alpha value is -0.660. The van der Waals surface area contributed by atoms with E-state index in [1.54, 1.807) is 22.7 Å². The van der Waals surface area contributed by atoms with Crippen LogP contribution in [0.5, 0.6) is 0 Å². The summed E-state index contributed by atoms with van der Waals surface area (Å²) < 4.78 is 0. The summed E-state index contributed by atoms with van der Waals surface area (Å²) in [5.41, 5.74) is 0.901. The highest BCUT2D eigenvalue weighted by Crippen LogP contribution is 2.28. The lowest BCUT2D eigenvalue weighted by molar-refractivity contribution is -0.131. The minimum absolute atomic E-state index is 0. The van der Waals surface area contributed by atoms with E-state index in [1.807, 2.05) is 16.3 Å². The lowest BCUT2D eigenvalue weighted by Gasteiger charge is -2.32. The number of aromatic nitrogens is 1. The molecule has 1 aliphatic rings. The number of amides is 1. The summed E-state index contributed by atoms with van der Waals surface area (Å²) in [6.45, 7) is 6.01. The molecule has 3 heterocycles. The van der Waals surface area contributed by atoms with Crippen LogP contribution in [0.4, 0.5) is 0 Å². The normalized spacial score (nSPS) is 14.7. The smallest absolute Gasteiger partial charge is 0.228 e. The zero-order chi connectivity index (χ0) is 16.1. The van der Waals surface area contributed by atoms with Crippen molar-refractivity contribution < 1.29 is 4.79 Å². The first-order valence-electron chi connectivity index (χ1n) is 8.23. The molecule has 0 aliphatic carbocycles. The third-order valence-electron chi connectivity index (χ3n) is 4.27. The van der Waals surface area contributed by atoms with E-state index in [9.17, 15) is 4.79 Å². The van der Waals surface area contributed by atoms with Crippen molar-refractivity contribution >= 4 is 53.4 Å². The highest BCUT2D eigenvalue weighted by atomic mass is 35.5. The lowest BCUT2D eigenvalue weighted by atomic mass is 9.96. The SMILES string of the molecule is CCNCC1CCN(C(=O)Cc2csc(-c3cccs3)n2)CC1.Cl.Cl. The zero-order valence-corrected chi connectivity index (χ0v) is 17.5. The molecule has 1 fully saturated rings. The summed E-state index contributed by atoms with van der Waals surface area (Å²) in [5, 5.41) is 8.50. The number of nitrogens with one attached hydrogen (secondary N) is 1. The van der Waals surface area contributed by atoms with E-state index in [1.165, 1.54) is 4.88 Å². The third kappa shape index (κ3) is 6.22. The number of carbonyl (C=O) groups is 1. The van der Waals surface area contributed by atoms with Gasteiger partial charge in [-0.1, -0.05) is 13.0 Å². The predicted molar refractivity (Wildman–Crippen MR) is 111 cm³/mol. The molecule has 2 aromatic rings. The minimum atomic E-state index is 0. The van der Waals surface area contributed by atoms with Crippen molar-refractivity contribution in [3.8, 4) is 9.88 Å². The van der Waals surface area contributed by atoms with Crippen LogP contribution in [0.1, 0.15) is 25.5 Å². The van der Waals surface area contributed by atoms with Crippen LogP contribution in [0.15, 0.2) is 22.9 Å². The number of halogens is 2. The van der Waals surface area contributed by atoms with Crippen molar-refractivity contribution in [2.45, 2.75) is 26.2 Å². The van der Waals surface area contributed by atoms with E-state index >= 15 is 0 Å². The first kappa shape index (κ1) is 22.4. The first-order chi connectivity index (χ1) is 11.3. The second-order valence-electron chi connectivity index (χ2n) is 5.93. The maximum absolute atomic E-state index is 12.5. The van der Waals surface area contributed by atoms with Gasteiger partial charge in [-0.15, -0.1) is 47.5 Å². The average Bonchev–Trinajstić information content (AvgIpc) is 3.24. The largest absolute Gasteiger partial charge is 0.342 e. The number of thiazole rings is 1. The standard InChI is InChI=1S/C17H23N3OS2.2ClH/c1-2-18-11-13-5-7-20(8-6-13)16(21)10-14-12-23-17(19-14)15-4-3-9-22-15;;/h3-4,9,12-13,18H,2,5-8,10-11H2,1H3;2*1H. The van der Waals surface area contributed by atoms with Gasteiger partial charge in [0.1, 0.15) is 5.01 Å². The average molecular weight is 422 g/mol. The second kappa shape index (κ2) is 11.1. The highest BCUT2D eigenvalue weighted by molar-refractivity contribution is 7.20. The molecule has 0 spiro atoms. The summed E-state index contributed by atoms with van der Waals surface area (Å²) in [7, 11) is 0. The molecule has 2 aromatic heterocycles. The van der Waals surface area contributed by atoms with Crippen LogP contribution >= 0.6 is 47.5 Å². The molecule has 0 atom stereocenters. The predicted octanol–water partition coefficient (Wildman–Crippen LogP) is 4.11. The summed E-state index contributed by atoms with van der Waals surface area (Å²) >= 11 is 3.32. The Bertz CT molecular complexity index is 626. The number of nitrogens with zero attached hydrogens (tertiary/aromatic N) is 2. The van der Waals surface area contributed by atoms with Crippen molar-refractivity contribution in [1.29, 1.82) is 0 Å². The Kier molecular flexibility index (Phi) is 9.97. The number of hydrogen-bond donors (Lipinski definition) is 1. The van der Waals surface area contributed by atoms with E-state index in [4.69, 9.17) is 0 Å². The van der Waals surface area contributed by atoms with Gasteiger partial charge in [0, 0.05) is 18.5 Å². The molecule has 1 saturated heterocycles. The maximum atomic E-state index is 12.5.